The van der Waals surface area contributed by atoms with Crippen molar-refractivity contribution in [3.63, 3.8) is 0 Å². The zero-order valence-electron chi connectivity index (χ0n) is 11.9. The van der Waals surface area contributed by atoms with Crippen LogP contribution in [0.5, 0.6) is 0 Å². The van der Waals surface area contributed by atoms with Crippen LogP contribution in [-0.2, 0) is 21.4 Å². The minimum atomic E-state index is -3.37. The van der Waals surface area contributed by atoms with Gasteiger partial charge in [-0.2, -0.15) is 0 Å². The Kier molecular flexibility index (Phi) is 5.01. The maximum Gasteiger partial charge on any atom is 0.236 e. The molecule has 2 N–H and O–H groups in total. The van der Waals surface area contributed by atoms with Gasteiger partial charge < -0.3 is 10.1 Å². The zero-order chi connectivity index (χ0) is 14.6. The van der Waals surface area contributed by atoms with Crippen LogP contribution in [0.4, 0.5) is 5.69 Å². The molecule has 1 saturated carbocycles. The number of hydrogen-bond donors (Lipinski definition) is 2. The number of hydrogen-bond acceptors (Lipinski definition) is 4. The summed E-state index contributed by atoms with van der Waals surface area (Å²) in [5, 5.41) is 2.78. The van der Waals surface area contributed by atoms with E-state index in [1.165, 1.54) is 0 Å². The summed E-state index contributed by atoms with van der Waals surface area (Å²) in [4.78, 5) is 0. The van der Waals surface area contributed by atoms with Crippen molar-refractivity contribution < 1.29 is 13.2 Å². The second-order valence-electron chi connectivity index (χ2n) is 5.27. The highest BCUT2D eigenvalue weighted by Crippen LogP contribution is 2.19. The van der Waals surface area contributed by atoms with Gasteiger partial charge >= 0.3 is 0 Å². The molecule has 112 valence electrons. The van der Waals surface area contributed by atoms with Gasteiger partial charge in [0.05, 0.1) is 11.9 Å². The summed E-state index contributed by atoms with van der Waals surface area (Å²) in [6, 6.07) is 7.77. The number of ether oxygens (including phenoxy) is 1. The standard InChI is InChI=1S/C14H22N2O3S/c1-11(9-15-13-6-7-13)20(17,18)16-14-5-3-4-12(8-14)10-19-2/h3-5,8,11,13,15-16H,6-7,9-10H2,1-2H3. The van der Waals surface area contributed by atoms with Crippen LogP contribution in [0, 0.1) is 0 Å². The normalized spacial score (nSPS) is 16.9. The van der Waals surface area contributed by atoms with Gasteiger partial charge in [-0.05, 0) is 37.5 Å². The molecule has 0 heterocycles. The summed E-state index contributed by atoms with van der Waals surface area (Å²) >= 11 is 0. The Morgan fingerprint density at radius 3 is 2.80 bits per heavy atom. The maximum atomic E-state index is 12.2. The monoisotopic (exact) mass is 298 g/mol. The molecule has 0 aromatic heterocycles. The van der Waals surface area contributed by atoms with Gasteiger partial charge in [0, 0.05) is 25.4 Å². The van der Waals surface area contributed by atoms with Crippen molar-refractivity contribution in [1.29, 1.82) is 0 Å². The molecule has 0 amide bonds. The number of rotatable bonds is 8. The number of methoxy groups -OCH3 is 1. The molecule has 0 radical (unpaired) electrons. The van der Waals surface area contributed by atoms with Crippen molar-refractivity contribution in [2.24, 2.45) is 0 Å². The second kappa shape index (κ2) is 6.56. The summed E-state index contributed by atoms with van der Waals surface area (Å²) in [6.45, 7) is 2.67. The van der Waals surface area contributed by atoms with E-state index in [9.17, 15) is 8.42 Å². The van der Waals surface area contributed by atoms with Gasteiger partial charge in [-0.3, -0.25) is 4.72 Å². The summed E-state index contributed by atoms with van der Waals surface area (Å²) in [5.41, 5.74) is 1.52. The third-order valence-electron chi connectivity index (χ3n) is 3.30. The first kappa shape index (κ1) is 15.3. The lowest BCUT2D eigenvalue weighted by atomic mass is 10.2. The fraction of sp³-hybridized carbons (Fsp3) is 0.571. The lowest BCUT2D eigenvalue weighted by Gasteiger charge is -2.15. The van der Waals surface area contributed by atoms with E-state index in [0.717, 1.165) is 18.4 Å². The molecule has 2 rings (SSSR count). The first-order chi connectivity index (χ1) is 9.51. The molecule has 1 unspecified atom stereocenters. The van der Waals surface area contributed by atoms with Crippen molar-refractivity contribution in [3.05, 3.63) is 29.8 Å². The molecule has 6 heteroatoms. The van der Waals surface area contributed by atoms with Gasteiger partial charge in [0.15, 0.2) is 0 Å². The highest BCUT2D eigenvalue weighted by atomic mass is 32.2. The topological polar surface area (TPSA) is 67.4 Å². The van der Waals surface area contributed by atoms with Crippen LogP contribution in [0.25, 0.3) is 0 Å². The zero-order valence-corrected chi connectivity index (χ0v) is 12.7. The van der Waals surface area contributed by atoms with Crippen molar-refractivity contribution in [2.75, 3.05) is 18.4 Å². The number of sulfonamides is 1. The highest BCUT2D eigenvalue weighted by molar-refractivity contribution is 7.93. The van der Waals surface area contributed by atoms with Crippen LogP contribution in [0.1, 0.15) is 25.3 Å². The maximum absolute atomic E-state index is 12.2. The molecular weight excluding hydrogens is 276 g/mol. The summed E-state index contributed by atoms with van der Waals surface area (Å²) in [7, 11) is -1.75. The summed E-state index contributed by atoms with van der Waals surface area (Å²) in [5.74, 6) is 0. The average Bonchev–Trinajstić information content (AvgIpc) is 3.20. The van der Waals surface area contributed by atoms with E-state index >= 15 is 0 Å². The van der Waals surface area contributed by atoms with Gasteiger partial charge in [0.25, 0.3) is 0 Å². The van der Waals surface area contributed by atoms with E-state index in [0.29, 0.717) is 24.9 Å². The second-order valence-corrected chi connectivity index (χ2v) is 7.37. The Morgan fingerprint density at radius 1 is 1.40 bits per heavy atom. The highest BCUT2D eigenvalue weighted by Gasteiger charge is 2.25. The van der Waals surface area contributed by atoms with E-state index in [1.807, 2.05) is 12.1 Å². The predicted molar refractivity (Wildman–Crippen MR) is 80.2 cm³/mol. The smallest absolute Gasteiger partial charge is 0.236 e. The molecular formula is C14H22N2O3S. The van der Waals surface area contributed by atoms with Gasteiger partial charge in [-0.1, -0.05) is 12.1 Å². The quantitative estimate of drug-likeness (QED) is 0.767. The Labute approximate surface area is 120 Å². The van der Waals surface area contributed by atoms with E-state index in [1.54, 1.807) is 26.2 Å². The first-order valence-electron chi connectivity index (χ1n) is 6.84. The molecule has 1 aromatic carbocycles. The van der Waals surface area contributed by atoms with E-state index in [4.69, 9.17) is 4.74 Å². The SMILES string of the molecule is COCc1cccc(NS(=O)(=O)C(C)CNC2CC2)c1. The summed E-state index contributed by atoms with van der Waals surface area (Å²) in [6.07, 6.45) is 2.30. The Morgan fingerprint density at radius 2 is 2.15 bits per heavy atom. The van der Waals surface area contributed by atoms with Crippen LogP contribution in [0.2, 0.25) is 0 Å². The van der Waals surface area contributed by atoms with Gasteiger partial charge in [0.2, 0.25) is 10.0 Å². The van der Waals surface area contributed by atoms with Crippen LogP contribution in [0.15, 0.2) is 24.3 Å². The Balaban J connectivity index is 1.96. The minimum Gasteiger partial charge on any atom is -0.380 e. The molecule has 1 aliphatic carbocycles. The molecule has 0 bridgehead atoms. The lowest BCUT2D eigenvalue weighted by molar-refractivity contribution is 0.185. The van der Waals surface area contributed by atoms with Gasteiger partial charge in [-0.15, -0.1) is 0 Å². The number of nitrogens with one attached hydrogen (secondary N) is 2. The predicted octanol–water partition coefficient (Wildman–Crippen LogP) is 1.72. The van der Waals surface area contributed by atoms with Crippen LogP contribution < -0.4 is 10.0 Å². The Hall–Kier alpha value is -1.11. The largest absolute Gasteiger partial charge is 0.380 e. The molecule has 1 fully saturated rings. The molecule has 1 aliphatic rings. The third-order valence-corrected chi connectivity index (χ3v) is 5.05. The molecule has 0 spiro atoms. The van der Waals surface area contributed by atoms with Crippen molar-refractivity contribution >= 4 is 15.7 Å². The van der Waals surface area contributed by atoms with Crippen LogP contribution in [-0.4, -0.2) is 33.4 Å². The fourth-order valence-electron chi connectivity index (χ4n) is 1.89. The van der Waals surface area contributed by atoms with Crippen LogP contribution in [0.3, 0.4) is 0 Å². The number of anilines is 1. The number of benzene rings is 1. The molecule has 1 aromatic rings. The van der Waals surface area contributed by atoms with E-state index < -0.39 is 15.3 Å². The molecule has 0 aliphatic heterocycles. The minimum absolute atomic E-state index is 0.464. The van der Waals surface area contributed by atoms with Gasteiger partial charge in [-0.25, -0.2) is 8.42 Å². The summed E-state index contributed by atoms with van der Waals surface area (Å²) < 4.78 is 32.1. The van der Waals surface area contributed by atoms with Crippen molar-refractivity contribution in [1.82, 2.24) is 5.32 Å². The van der Waals surface area contributed by atoms with Crippen molar-refractivity contribution in [2.45, 2.75) is 37.7 Å². The van der Waals surface area contributed by atoms with Gasteiger partial charge in [0.1, 0.15) is 0 Å². The third kappa shape index (κ3) is 4.47. The Bertz CT molecular complexity index is 541. The average molecular weight is 298 g/mol. The fourth-order valence-corrected chi connectivity index (χ4v) is 2.86. The molecule has 1 atom stereocenters. The lowest BCUT2D eigenvalue weighted by Crippen LogP contribution is -2.35. The molecule has 0 saturated heterocycles. The van der Waals surface area contributed by atoms with Crippen LogP contribution >= 0.6 is 0 Å². The molecule has 20 heavy (non-hydrogen) atoms. The van der Waals surface area contributed by atoms with E-state index in [-0.39, 0.29) is 0 Å². The van der Waals surface area contributed by atoms with E-state index in [2.05, 4.69) is 10.0 Å². The molecule has 5 nitrogen and oxygen atoms in total. The first-order valence-corrected chi connectivity index (χ1v) is 8.39. The van der Waals surface area contributed by atoms with Crippen molar-refractivity contribution in [3.8, 4) is 0 Å².